The van der Waals surface area contributed by atoms with E-state index in [9.17, 15) is 14.4 Å². The van der Waals surface area contributed by atoms with Crippen molar-refractivity contribution in [3.05, 3.63) is 0 Å². The van der Waals surface area contributed by atoms with Crippen molar-refractivity contribution in [3.8, 4) is 0 Å². The summed E-state index contributed by atoms with van der Waals surface area (Å²) < 4.78 is 17.5. The van der Waals surface area contributed by atoms with Crippen molar-refractivity contribution >= 4 is 7.82 Å². The molecule has 0 amide bonds. The molecule has 0 rings (SSSR count). The van der Waals surface area contributed by atoms with Gasteiger partial charge in [-0.3, -0.25) is 4.52 Å². The molecular formula is C22H47O4P. The largest absolute Gasteiger partial charge is 0.470 e. The van der Waals surface area contributed by atoms with Gasteiger partial charge in [-0.15, -0.1) is 0 Å². The predicted octanol–water partition coefficient (Wildman–Crippen LogP) is 7.63. The maximum absolute atomic E-state index is 11.9. The average molecular weight is 407 g/mol. The minimum Gasteiger partial charge on any atom is -0.303 e. The van der Waals surface area contributed by atoms with E-state index in [4.69, 9.17) is 4.52 Å². The van der Waals surface area contributed by atoms with Gasteiger partial charge in [0.2, 0.25) is 0 Å². The molecule has 0 aliphatic carbocycles. The maximum Gasteiger partial charge on any atom is 0.470 e. The van der Waals surface area contributed by atoms with Gasteiger partial charge in [-0.25, -0.2) is 4.57 Å². The third kappa shape index (κ3) is 11.6. The van der Waals surface area contributed by atoms with Crippen LogP contribution in [0, 0.1) is 11.8 Å². The lowest BCUT2D eigenvalue weighted by Crippen LogP contribution is -2.45. The summed E-state index contributed by atoms with van der Waals surface area (Å²) in [6.07, 6.45) is 15.4. The van der Waals surface area contributed by atoms with Crippen LogP contribution in [0.5, 0.6) is 0 Å². The van der Waals surface area contributed by atoms with Crippen molar-refractivity contribution in [3.63, 3.8) is 0 Å². The summed E-state index contributed by atoms with van der Waals surface area (Å²) in [5.74, 6) is 0.300. The SMILES string of the molecule is CCCCCCCCCC(OP(=O)(O)O)(C(C)CCCC)C(C)CCCC. The van der Waals surface area contributed by atoms with Crippen molar-refractivity contribution in [2.75, 3.05) is 0 Å². The zero-order valence-electron chi connectivity index (χ0n) is 18.7. The normalized spacial score (nSPS) is 16.9. The first-order valence-electron chi connectivity index (χ1n) is 11.5. The van der Waals surface area contributed by atoms with Crippen LogP contribution in [-0.2, 0) is 9.09 Å². The summed E-state index contributed by atoms with van der Waals surface area (Å²) in [4.78, 5) is 19.4. The third-order valence-electron chi connectivity index (χ3n) is 6.11. The van der Waals surface area contributed by atoms with E-state index in [1.807, 2.05) is 0 Å². The van der Waals surface area contributed by atoms with E-state index < -0.39 is 13.4 Å². The van der Waals surface area contributed by atoms with Crippen molar-refractivity contribution in [1.82, 2.24) is 0 Å². The molecule has 0 aromatic rings. The highest BCUT2D eigenvalue weighted by molar-refractivity contribution is 7.46. The van der Waals surface area contributed by atoms with Gasteiger partial charge in [0, 0.05) is 0 Å². The molecule has 0 aliphatic heterocycles. The zero-order chi connectivity index (χ0) is 20.8. The number of rotatable bonds is 18. The summed E-state index contributed by atoms with van der Waals surface area (Å²) in [5, 5.41) is 0. The first-order chi connectivity index (χ1) is 12.7. The molecule has 0 radical (unpaired) electrons. The highest BCUT2D eigenvalue weighted by Crippen LogP contribution is 2.51. The molecule has 5 heteroatoms. The molecule has 2 N–H and O–H groups in total. The Morgan fingerprint density at radius 3 is 1.56 bits per heavy atom. The van der Waals surface area contributed by atoms with E-state index in [0.29, 0.717) is 0 Å². The second-order valence-electron chi connectivity index (χ2n) is 8.49. The summed E-state index contributed by atoms with van der Waals surface area (Å²) in [6, 6.07) is 0. The van der Waals surface area contributed by atoms with E-state index in [-0.39, 0.29) is 11.8 Å². The summed E-state index contributed by atoms with van der Waals surface area (Å²) in [5.41, 5.74) is -0.715. The summed E-state index contributed by atoms with van der Waals surface area (Å²) >= 11 is 0. The second-order valence-corrected chi connectivity index (χ2v) is 9.66. The molecular weight excluding hydrogens is 359 g/mol. The van der Waals surface area contributed by atoms with Gasteiger partial charge < -0.3 is 9.79 Å². The van der Waals surface area contributed by atoms with Gasteiger partial charge in [0.1, 0.15) is 0 Å². The quantitative estimate of drug-likeness (QED) is 0.181. The van der Waals surface area contributed by atoms with E-state index in [1.54, 1.807) is 0 Å². The molecule has 0 bridgehead atoms. The third-order valence-corrected chi connectivity index (χ3v) is 6.69. The van der Waals surface area contributed by atoms with Gasteiger partial charge in [0.15, 0.2) is 0 Å². The highest BCUT2D eigenvalue weighted by atomic mass is 31.2. The highest BCUT2D eigenvalue weighted by Gasteiger charge is 2.45. The molecule has 164 valence electrons. The Bertz CT molecular complexity index is 380. The number of phosphoric ester groups is 1. The number of hydrogen-bond acceptors (Lipinski definition) is 2. The number of phosphoric acid groups is 1. The molecule has 0 aliphatic rings. The zero-order valence-corrected chi connectivity index (χ0v) is 19.6. The smallest absolute Gasteiger partial charge is 0.303 e. The first kappa shape index (κ1) is 27.1. The number of unbranched alkanes of at least 4 members (excludes halogenated alkanes) is 8. The minimum absolute atomic E-state index is 0.150. The molecule has 2 unspecified atom stereocenters. The Balaban J connectivity index is 5.15. The van der Waals surface area contributed by atoms with Crippen LogP contribution in [0.2, 0.25) is 0 Å². The van der Waals surface area contributed by atoms with Crippen LogP contribution in [-0.4, -0.2) is 15.4 Å². The lowest BCUT2D eigenvalue weighted by molar-refractivity contribution is -0.0671. The van der Waals surface area contributed by atoms with Crippen LogP contribution < -0.4 is 0 Å². The topological polar surface area (TPSA) is 66.8 Å². The molecule has 0 spiro atoms. The van der Waals surface area contributed by atoms with Crippen LogP contribution in [0.25, 0.3) is 0 Å². The maximum atomic E-state index is 11.9. The molecule has 0 saturated carbocycles. The monoisotopic (exact) mass is 406 g/mol. The molecule has 0 aromatic carbocycles. The first-order valence-corrected chi connectivity index (χ1v) is 13.0. The Morgan fingerprint density at radius 2 is 1.15 bits per heavy atom. The molecule has 27 heavy (non-hydrogen) atoms. The fourth-order valence-electron chi connectivity index (χ4n) is 4.29. The molecule has 0 saturated heterocycles. The molecule has 0 fully saturated rings. The van der Waals surface area contributed by atoms with Crippen molar-refractivity contribution in [1.29, 1.82) is 0 Å². The van der Waals surface area contributed by atoms with Gasteiger partial charge in [-0.05, 0) is 31.1 Å². The van der Waals surface area contributed by atoms with Crippen molar-refractivity contribution in [2.24, 2.45) is 11.8 Å². The lowest BCUT2D eigenvalue weighted by Gasteiger charge is -2.44. The number of hydrogen-bond donors (Lipinski definition) is 2. The lowest BCUT2D eigenvalue weighted by atomic mass is 9.71. The minimum atomic E-state index is -4.53. The van der Waals surface area contributed by atoms with E-state index >= 15 is 0 Å². The Morgan fingerprint density at radius 1 is 0.741 bits per heavy atom. The molecule has 2 atom stereocenters. The van der Waals surface area contributed by atoms with Gasteiger partial charge in [0.05, 0.1) is 5.60 Å². The van der Waals surface area contributed by atoms with Crippen LogP contribution in [0.15, 0.2) is 0 Å². The van der Waals surface area contributed by atoms with Crippen molar-refractivity contribution in [2.45, 2.75) is 130 Å². The van der Waals surface area contributed by atoms with Gasteiger partial charge in [-0.1, -0.05) is 105 Å². The van der Waals surface area contributed by atoms with Gasteiger partial charge >= 0.3 is 7.82 Å². The van der Waals surface area contributed by atoms with Crippen LogP contribution in [0.1, 0.15) is 125 Å². The van der Waals surface area contributed by atoms with E-state index in [1.165, 1.54) is 32.1 Å². The van der Waals surface area contributed by atoms with Crippen LogP contribution >= 0.6 is 7.82 Å². The van der Waals surface area contributed by atoms with Crippen LogP contribution in [0.4, 0.5) is 0 Å². The van der Waals surface area contributed by atoms with E-state index in [2.05, 4.69) is 34.6 Å². The van der Waals surface area contributed by atoms with Crippen LogP contribution in [0.3, 0.4) is 0 Å². The molecule has 0 heterocycles. The van der Waals surface area contributed by atoms with Crippen molar-refractivity contribution < 1.29 is 18.9 Å². The van der Waals surface area contributed by atoms with E-state index in [0.717, 1.165) is 57.8 Å². The summed E-state index contributed by atoms with van der Waals surface area (Å²) in [6.45, 7) is 10.8. The fourth-order valence-corrected chi connectivity index (χ4v) is 5.19. The predicted molar refractivity (Wildman–Crippen MR) is 116 cm³/mol. The van der Waals surface area contributed by atoms with Gasteiger partial charge in [-0.2, -0.15) is 0 Å². The van der Waals surface area contributed by atoms with Gasteiger partial charge in [0.25, 0.3) is 0 Å². The second kappa shape index (κ2) is 15.0. The Hall–Kier alpha value is 0.110. The Labute approximate surface area is 169 Å². The average Bonchev–Trinajstić information content (AvgIpc) is 2.61. The standard InChI is InChI=1S/C22H47O4P/c1-6-9-12-13-14-15-16-19-22(26-27(23,24)25,20(4)17-10-7-2)21(5)18-11-8-3/h20-21H,6-19H2,1-5H3,(H2,23,24,25). The summed E-state index contributed by atoms with van der Waals surface area (Å²) in [7, 11) is -4.53. The molecule has 0 aromatic heterocycles. The Kier molecular flexibility index (Phi) is 15.1. The molecule has 4 nitrogen and oxygen atoms in total. The fraction of sp³-hybridized carbons (Fsp3) is 1.00.